The third-order valence-electron chi connectivity index (χ3n) is 5.07. The van der Waals surface area contributed by atoms with Crippen LogP contribution in [0.15, 0.2) is 0 Å². The topological polar surface area (TPSA) is 44.7 Å². The predicted octanol–water partition coefficient (Wildman–Crippen LogP) is 1.24. The van der Waals surface area contributed by atoms with Crippen molar-refractivity contribution in [1.82, 2.24) is 10.2 Å². The normalized spacial score (nSPS) is 37.4. The van der Waals surface area contributed by atoms with Gasteiger partial charge in [0.05, 0.1) is 12.7 Å². The molecule has 1 heterocycles. The zero-order valence-corrected chi connectivity index (χ0v) is 12.5. The monoisotopic (exact) mass is 270 g/mol. The quantitative estimate of drug-likeness (QED) is 0.789. The van der Waals surface area contributed by atoms with E-state index >= 15 is 0 Å². The van der Waals surface area contributed by atoms with Crippen molar-refractivity contribution in [3.63, 3.8) is 0 Å². The summed E-state index contributed by atoms with van der Waals surface area (Å²) in [5, 5.41) is 13.1. The molecule has 0 spiro atoms. The van der Waals surface area contributed by atoms with E-state index in [1.54, 1.807) is 0 Å². The molecule has 0 bridgehead atoms. The second kappa shape index (κ2) is 7.02. The molecule has 0 radical (unpaired) electrons. The Balaban J connectivity index is 1.83. The zero-order valence-electron chi connectivity index (χ0n) is 12.5. The van der Waals surface area contributed by atoms with Crippen molar-refractivity contribution in [1.29, 1.82) is 0 Å². The van der Waals surface area contributed by atoms with Gasteiger partial charge in [-0.3, -0.25) is 0 Å². The lowest BCUT2D eigenvalue weighted by Crippen LogP contribution is -2.50. The number of rotatable bonds is 5. The summed E-state index contributed by atoms with van der Waals surface area (Å²) in [5.41, 5.74) is -0.0199. The second-order valence-electron chi connectivity index (χ2n) is 6.28. The molecule has 2 aliphatic rings. The molecule has 1 aliphatic carbocycles. The van der Waals surface area contributed by atoms with Crippen molar-refractivity contribution >= 4 is 0 Å². The second-order valence-corrected chi connectivity index (χ2v) is 6.28. The Bertz CT molecular complexity index is 269. The Morgan fingerprint density at radius 2 is 2.26 bits per heavy atom. The largest absolute Gasteiger partial charge is 0.394 e. The summed E-state index contributed by atoms with van der Waals surface area (Å²) < 4.78 is 5.69. The number of nitrogens with zero attached hydrogens (tertiary/aromatic N) is 1. The zero-order chi connectivity index (χ0) is 13.7. The first-order valence-corrected chi connectivity index (χ1v) is 7.84. The molecule has 0 aromatic carbocycles. The molecule has 2 N–H and O–H groups in total. The van der Waals surface area contributed by atoms with E-state index in [2.05, 4.69) is 17.1 Å². The standard InChI is InChI=1S/C15H30N2O2/c1-13-11-17(8-4-10-19-13)9-6-14-5-3-7-15(14,12-18)16-2/h13-14,16,18H,3-12H2,1-2H3. The highest BCUT2D eigenvalue weighted by Crippen LogP contribution is 2.37. The minimum Gasteiger partial charge on any atom is -0.394 e. The molecule has 3 atom stereocenters. The van der Waals surface area contributed by atoms with E-state index < -0.39 is 0 Å². The van der Waals surface area contributed by atoms with Crippen LogP contribution in [0.3, 0.4) is 0 Å². The Kier molecular flexibility index (Phi) is 5.63. The van der Waals surface area contributed by atoms with Crippen LogP contribution in [-0.4, -0.2) is 61.5 Å². The van der Waals surface area contributed by atoms with Crippen LogP contribution in [0.25, 0.3) is 0 Å². The van der Waals surface area contributed by atoms with E-state index in [-0.39, 0.29) is 12.1 Å². The Hall–Kier alpha value is -0.160. The van der Waals surface area contributed by atoms with Gasteiger partial charge in [0.25, 0.3) is 0 Å². The molecule has 1 saturated heterocycles. The summed E-state index contributed by atoms with van der Waals surface area (Å²) in [4.78, 5) is 2.54. The fourth-order valence-corrected chi connectivity index (χ4v) is 3.80. The Morgan fingerprint density at radius 3 is 3.00 bits per heavy atom. The van der Waals surface area contributed by atoms with Crippen molar-refractivity contribution in [2.75, 3.05) is 39.9 Å². The third kappa shape index (κ3) is 3.69. The van der Waals surface area contributed by atoms with E-state index in [1.807, 2.05) is 7.05 Å². The lowest BCUT2D eigenvalue weighted by Gasteiger charge is -2.35. The van der Waals surface area contributed by atoms with Gasteiger partial charge in [-0.05, 0) is 52.1 Å². The van der Waals surface area contributed by atoms with E-state index in [0.29, 0.717) is 12.0 Å². The van der Waals surface area contributed by atoms with Gasteiger partial charge in [-0.25, -0.2) is 0 Å². The smallest absolute Gasteiger partial charge is 0.0673 e. The van der Waals surface area contributed by atoms with Crippen molar-refractivity contribution in [2.45, 2.75) is 50.7 Å². The summed E-state index contributed by atoms with van der Waals surface area (Å²) in [6.45, 7) is 6.69. The third-order valence-corrected chi connectivity index (χ3v) is 5.07. The van der Waals surface area contributed by atoms with Gasteiger partial charge >= 0.3 is 0 Å². The van der Waals surface area contributed by atoms with Crippen molar-refractivity contribution in [3.05, 3.63) is 0 Å². The van der Waals surface area contributed by atoms with Crippen LogP contribution in [-0.2, 0) is 4.74 Å². The number of aliphatic hydroxyl groups is 1. The Morgan fingerprint density at radius 1 is 1.42 bits per heavy atom. The van der Waals surface area contributed by atoms with Crippen LogP contribution >= 0.6 is 0 Å². The van der Waals surface area contributed by atoms with Gasteiger partial charge in [0.1, 0.15) is 0 Å². The van der Waals surface area contributed by atoms with E-state index in [0.717, 1.165) is 39.1 Å². The summed E-state index contributed by atoms with van der Waals surface area (Å²) >= 11 is 0. The molecular weight excluding hydrogens is 240 g/mol. The van der Waals surface area contributed by atoms with Crippen LogP contribution in [0.2, 0.25) is 0 Å². The van der Waals surface area contributed by atoms with Gasteiger partial charge in [0.15, 0.2) is 0 Å². The number of nitrogens with one attached hydrogen (secondary N) is 1. The highest BCUT2D eigenvalue weighted by molar-refractivity contribution is 4.98. The van der Waals surface area contributed by atoms with E-state index in [4.69, 9.17) is 4.74 Å². The molecule has 2 rings (SSSR count). The van der Waals surface area contributed by atoms with Crippen LogP contribution in [0.4, 0.5) is 0 Å². The SMILES string of the molecule is CNC1(CO)CCCC1CCN1CCCOC(C)C1. The van der Waals surface area contributed by atoms with Crippen LogP contribution < -0.4 is 5.32 Å². The highest BCUT2D eigenvalue weighted by Gasteiger charge is 2.40. The molecule has 4 heteroatoms. The minimum absolute atomic E-state index is 0.0199. The number of likely N-dealkylation sites (N-methyl/N-ethyl adjacent to an activating group) is 1. The van der Waals surface area contributed by atoms with E-state index in [1.165, 1.54) is 19.3 Å². The lowest BCUT2D eigenvalue weighted by molar-refractivity contribution is 0.0649. The molecular formula is C15H30N2O2. The van der Waals surface area contributed by atoms with Gasteiger partial charge in [0.2, 0.25) is 0 Å². The van der Waals surface area contributed by atoms with Gasteiger partial charge < -0.3 is 20.1 Å². The maximum atomic E-state index is 9.71. The maximum Gasteiger partial charge on any atom is 0.0673 e. The summed E-state index contributed by atoms with van der Waals surface area (Å²) in [7, 11) is 2.00. The number of hydrogen-bond acceptors (Lipinski definition) is 4. The Labute approximate surface area is 117 Å². The first-order chi connectivity index (χ1) is 9.20. The minimum atomic E-state index is -0.0199. The van der Waals surface area contributed by atoms with Crippen LogP contribution in [0, 0.1) is 5.92 Å². The first-order valence-electron chi connectivity index (χ1n) is 7.84. The average molecular weight is 270 g/mol. The summed E-state index contributed by atoms with van der Waals surface area (Å²) in [6.07, 6.45) is 6.30. The number of aliphatic hydroxyl groups excluding tert-OH is 1. The van der Waals surface area contributed by atoms with Crippen molar-refractivity contribution < 1.29 is 9.84 Å². The average Bonchev–Trinajstić information content (AvgIpc) is 2.72. The highest BCUT2D eigenvalue weighted by atomic mass is 16.5. The van der Waals surface area contributed by atoms with Gasteiger partial charge in [-0.1, -0.05) is 6.42 Å². The molecule has 3 unspecified atom stereocenters. The van der Waals surface area contributed by atoms with Crippen LogP contribution in [0.1, 0.15) is 39.0 Å². The molecule has 19 heavy (non-hydrogen) atoms. The summed E-state index contributed by atoms with van der Waals surface area (Å²) in [5.74, 6) is 0.613. The van der Waals surface area contributed by atoms with Crippen molar-refractivity contribution in [2.24, 2.45) is 5.92 Å². The molecule has 112 valence electrons. The number of ether oxygens (including phenoxy) is 1. The molecule has 0 aromatic heterocycles. The van der Waals surface area contributed by atoms with Gasteiger partial charge in [-0.15, -0.1) is 0 Å². The number of hydrogen-bond donors (Lipinski definition) is 2. The molecule has 2 fully saturated rings. The molecule has 4 nitrogen and oxygen atoms in total. The lowest BCUT2D eigenvalue weighted by atomic mass is 9.85. The molecule has 0 aromatic rings. The molecule has 1 saturated carbocycles. The van der Waals surface area contributed by atoms with Crippen LogP contribution in [0.5, 0.6) is 0 Å². The molecule has 1 aliphatic heterocycles. The fourth-order valence-electron chi connectivity index (χ4n) is 3.80. The van der Waals surface area contributed by atoms with Gasteiger partial charge in [0, 0.05) is 25.2 Å². The van der Waals surface area contributed by atoms with E-state index in [9.17, 15) is 5.11 Å². The van der Waals surface area contributed by atoms with Gasteiger partial charge in [-0.2, -0.15) is 0 Å². The summed E-state index contributed by atoms with van der Waals surface area (Å²) in [6, 6.07) is 0. The molecule has 0 amide bonds. The predicted molar refractivity (Wildman–Crippen MR) is 77.3 cm³/mol. The maximum absolute atomic E-state index is 9.71. The van der Waals surface area contributed by atoms with Crippen molar-refractivity contribution in [3.8, 4) is 0 Å². The fraction of sp³-hybridized carbons (Fsp3) is 1.00. The first kappa shape index (κ1) is 15.2.